The van der Waals surface area contributed by atoms with Crippen LogP contribution in [0.3, 0.4) is 0 Å². The number of nitrogens with one attached hydrogen (secondary N) is 1. The number of rotatable bonds is 4. The van der Waals surface area contributed by atoms with Gasteiger partial charge in [-0.05, 0) is 37.1 Å². The second-order valence-electron chi connectivity index (χ2n) is 7.57. The molecule has 160 valence electrons. The quantitative estimate of drug-likeness (QED) is 0.412. The lowest BCUT2D eigenvalue weighted by molar-refractivity contribution is -0.0389. The molecule has 0 bridgehead atoms. The smallest absolute Gasteiger partial charge is 0.248 e. The third-order valence-electron chi connectivity index (χ3n) is 5.29. The molecule has 1 N–H and O–H groups in total. The second-order valence-corrected chi connectivity index (χ2v) is 8.85. The van der Waals surface area contributed by atoms with Crippen LogP contribution in [-0.4, -0.2) is 26.9 Å². The van der Waals surface area contributed by atoms with E-state index in [9.17, 15) is 8.78 Å². The summed E-state index contributed by atoms with van der Waals surface area (Å²) in [5.41, 5.74) is 3.53. The van der Waals surface area contributed by atoms with E-state index in [1.54, 1.807) is 30.5 Å². The van der Waals surface area contributed by atoms with Crippen molar-refractivity contribution in [3.8, 4) is 22.5 Å². The van der Waals surface area contributed by atoms with E-state index in [-0.39, 0.29) is 18.9 Å². The van der Waals surface area contributed by atoms with Gasteiger partial charge in [0.25, 0.3) is 0 Å². The lowest BCUT2D eigenvalue weighted by atomic mass is 9.92. The van der Waals surface area contributed by atoms with Crippen molar-refractivity contribution in [1.29, 1.82) is 0 Å². The lowest BCUT2D eigenvalue weighted by Gasteiger charge is -2.29. The summed E-state index contributed by atoms with van der Waals surface area (Å²) >= 11 is 17.6. The average molecular weight is 478 g/mol. The van der Waals surface area contributed by atoms with E-state index in [0.29, 0.717) is 45.0 Å². The van der Waals surface area contributed by atoms with Crippen LogP contribution < -0.4 is 5.32 Å². The molecule has 1 saturated carbocycles. The van der Waals surface area contributed by atoms with Gasteiger partial charge in [0, 0.05) is 40.1 Å². The first-order valence-corrected chi connectivity index (χ1v) is 11.0. The molecular weight excluding hydrogens is 459 g/mol. The summed E-state index contributed by atoms with van der Waals surface area (Å²) < 4.78 is 26.9. The molecular formula is C23H19Cl2F2N3S. The Labute approximate surface area is 194 Å². The molecule has 0 saturated heterocycles. The molecule has 0 spiro atoms. The van der Waals surface area contributed by atoms with Gasteiger partial charge in [0.1, 0.15) is 10.7 Å². The van der Waals surface area contributed by atoms with Gasteiger partial charge in [0.05, 0.1) is 17.6 Å². The predicted octanol–water partition coefficient (Wildman–Crippen LogP) is 6.96. The Kier molecular flexibility index (Phi) is 6.51. The van der Waals surface area contributed by atoms with Gasteiger partial charge in [-0.25, -0.2) is 13.8 Å². The van der Waals surface area contributed by atoms with Crippen molar-refractivity contribution in [3.63, 3.8) is 0 Å². The molecule has 8 heteroatoms. The van der Waals surface area contributed by atoms with Crippen LogP contribution in [0.15, 0.2) is 54.7 Å². The predicted molar refractivity (Wildman–Crippen MR) is 125 cm³/mol. The summed E-state index contributed by atoms with van der Waals surface area (Å²) in [6, 6.07) is 14.6. The van der Waals surface area contributed by atoms with E-state index in [0.717, 1.165) is 11.1 Å². The van der Waals surface area contributed by atoms with Crippen LogP contribution >= 0.6 is 35.4 Å². The zero-order valence-corrected chi connectivity index (χ0v) is 18.7. The Morgan fingerprint density at radius 3 is 1.97 bits per heavy atom. The Morgan fingerprint density at radius 2 is 1.42 bits per heavy atom. The molecule has 1 aromatic heterocycles. The zero-order valence-electron chi connectivity index (χ0n) is 16.4. The molecule has 3 nitrogen and oxygen atoms in total. The summed E-state index contributed by atoms with van der Waals surface area (Å²) in [6.45, 7) is 0. The number of aromatic nitrogens is 2. The molecule has 1 heterocycles. The van der Waals surface area contributed by atoms with Gasteiger partial charge in [-0.1, -0.05) is 59.7 Å². The Hall–Kier alpha value is -2.15. The van der Waals surface area contributed by atoms with Crippen LogP contribution in [0.2, 0.25) is 10.0 Å². The normalized spacial score (nSPS) is 16.1. The van der Waals surface area contributed by atoms with Crippen molar-refractivity contribution in [3.05, 3.63) is 70.5 Å². The van der Waals surface area contributed by atoms with E-state index in [2.05, 4.69) is 10.3 Å². The zero-order chi connectivity index (χ0) is 22.0. The number of nitrogens with zero attached hydrogens (tertiary/aromatic N) is 2. The van der Waals surface area contributed by atoms with Crippen molar-refractivity contribution in [1.82, 2.24) is 15.3 Å². The fraction of sp³-hybridized carbons (Fsp3) is 0.261. The first-order chi connectivity index (χ1) is 14.8. The van der Waals surface area contributed by atoms with E-state index in [1.165, 1.54) is 0 Å². The molecule has 0 aliphatic heterocycles. The van der Waals surface area contributed by atoms with Crippen LogP contribution in [0.1, 0.15) is 31.4 Å². The highest BCUT2D eigenvalue weighted by Crippen LogP contribution is 2.34. The summed E-state index contributed by atoms with van der Waals surface area (Å²) in [5, 5.41) is 4.43. The number of thiocarbonyl (C=S) groups is 1. The standard InChI is InChI=1S/C23H19Cl2F2N3S/c24-16-5-1-14(2-6-16)20-21(15-3-7-17(25)8-4-15)30-19(13-28-20)22(31)29-18-9-11-23(26,27)12-10-18/h1-8,13,18H,9-12H2,(H,29,31). The van der Waals surface area contributed by atoms with Crippen LogP contribution in [0.5, 0.6) is 0 Å². The molecule has 0 unspecified atom stereocenters. The number of halogens is 4. The van der Waals surface area contributed by atoms with Crippen molar-refractivity contribution >= 4 is 40.4 Å². The monoisotopic (exact) mass is 477 g/mol. The van der Waals surface area contributed by atoms with Crippen LogP contribution in [0, 0.1) is 0 Å². The molecule has 1 aliphatic carbocycles. The van der Waals surface area contributed by atoms with E-state index >= 15 is 0 Å². The third kappa shape index (κ3) is 5.37. The topological polar surface area (TPSA) is 37.8 Å². The first-order valence-electron chi connectivity index (χ1n) is 9.88. The minimum atomic E-state index is -2.58. The molecule has 0 amide bonds. The molecule has 31 heavy (non-hydrogen) atoms. The van der Waals surface area contributed by atoms with Crippen molar-refractivity contribution < 1.29 is 8.78 Å². The highest BCUT2D eigenvalue weighted by molar-refractivity contribution is 7.80. The average Bonchev–Trinajstić information content (AvgIpc) is 2.76. The maximum atomic E-state index is 13.4. The third-order valence-corrected chi connectivity index (χ3v) is 6.12. The molecule has 1 fully saturated rings. The number of benzene rings is 2. The maximum Gasteiger partial charge on any atom is 0.248 e. The molecule has 0 radical (unpaired) electrons. The lowest BCUT2D eigenvalue weighted by Crippen LogP contribution is -2.40. The Balaban J connectivity index is 1.65. The van der Waals surface area contributed by atoms with Crippen molar-refractivity contribution in [2.24, 2.45) is 0 Å². The van der Waals surface area contributed by atoms with Gasteiger partial charge in [-0.15, -0.1) is 0 Å². The number of hydrogen-bond donors (Lipinski definition) is 1. The first kappa shape index (κ1) is 22.1. The van der Waals surface area contributed by atoms with E-state index in [1.807, 2.05) is 24.3 Å². The van der Waals surface area contributed by atoms with Crippen LogP contribution in [0.25, 0.3) is 22.5 Å². The SMILES string of the molecule is FC1(F)CCC(NC(=S)c2cnc(-c3ccc(Cl)cc3)c(-c3ccc(Cl)cc3)n2)CC1. The molecule has 1 aliphatic rings. The highest BCUT2D eigenvalue weighted by Gasteiger charge is 2.35. The van der Waals surface area contributed by atoms with E-state index in [4.69, 9.17) is 40.4 Å². The van der Waals surface area contributed by atoms with Gasteiger partial charge in [-0.3, -0.25) is 4.98 Å². The summed E-state index contributed by atoms with van der Waals surface area (Å²) in [6.07, 6.45) is 2.08. The highest BCUT2D eigenvalue weighted by atomic mass is 35.5. The molecule has 2 aromatic carbocycles. The van der Waals surface area contributed by atoms with Crippen molar-refractivity contribution in [2.45, 2.75) is 37.6 Å². The van der Waals surface area contributed by atoms with Gasteiger partial charge >= 0.3 is 0 Å². The maximum absolute atomic E-state index is 13.4. The molecule has 4 rings (SSSR count). The minimum Gasteiger partial charge on any atom is -0.372 e. The summed E-state index contributed by atoms with van der Waals surface area (Å²) in [7, 11) is 0. The number of alkyl halides is 2. The minimum absolute atomic E-state index is 0.0937. The largest absolute Gasteiger partial charge is 0.372 e. The summed E-state index contributed by atoms with van der Waals surface area (Å²) in [4.78, 5) is 9.81. The summed E-state index contributed by atoms with van der Waals surface area (Å²) in [5.74, 6) is -2.58. The van der Waals surface area contributed by atoms with Gasteiger partial charge in [-0.2, -0.15) is 0 Å². The number of hydrogen-bond acceptors (Lipinski definition) is 3. The fourth-order valence-corrected chi connectivity index (χ4v) is 4.09. The Bertz CT molecular complexity index is 1080. The second kappa shape index (κ2) is 9.15. The van der Waals surface area contributed by atoms with Gasteiger partial charge in [0.2, 0.25) is 5.92 Å². The van der Waals surface area contributed by atoms with Gasteiger partial charge < -0.3 is 5.32 Å². The molecule has 0 atom stereocenters. The van der Waals surface area contributed by atoms with Gasteiger partial charge in [0.15, 0.2) is 0 Å². The van der Waals surface area contributed by atoms with Crippen molar-refractivity contribution in [2.75, 3.05) is 0 Å². The molecule has 3 aromatic rings. The Morgan fingerprint density at radius 1 is 0.903 bits per heavy atom. The van der Waals surface area contributed by atoms with Crippen LogP contribution in [0.4, 0.5) is 8.78 Å². The fourth-order valence-electron chi connectivity index (χ4n) is 3.57. The van der Waals surface area contributed by atoms with E-state index < -0.39 is 5.92 Å². The van der Waals surface area contributed by atoms with Crippen LogP contribution in [-0.2, 0) is 0 Å².